The molecular weight excluding hydrogens is 346 g/mol. The molecule has 1 aliphatic heterocycles. The summed E-state index contributed by atoms with van der Waals surface area (Å²) in [6.07, 6.45) is 0. The molecule has 0 aliphatic carbocycles. The maximum atomic E-state index is 15.4. The number of anilines is 1. The van der Waals surface area contributed by atoms with E-state index in [-0.39, 0.29) is 34.2 Å². The van der Waals surface area contributed by atoms with Gasteiger partial charge in [-0.15, -0.1) is 0 Å². The first-order valence-electron chi connectivity index (χ1n) is 8.43. The van der Waals surface area contributed by atoms with E-state index in [4.69, 9.17) is 4.52 Å². The summed E-state index contributed by atoms with van der Waals surface area (Å²) in [6, 6.07) is 1.02. The second kappa shape index (κ2) is 5.94. The summed E-state index contributed by atoms with van der Waals surface area (Å²) < 4.78 is 36.6. The van der Waals surface area contributed by atoms with Gasteiger partial charge in [0.15, 0.2) is 11.2 Å². The minimum atomic E-state index is -0.811. The minimum Gasteiger partial charge on any atom is -0.364 e. The van der Waals surface area contributed by atoms with Gasteiger partial charge in [0, 0.05) is 32.7 Å². The number of aromatic nitrogens is 2. The number of aryl methyl sites for hydroxylation is 1. The quantitative estimate of drug-likeness (QED) is 0.746. The summed E-state index contributed by atoms with van der Waals surface area (Å²) in [6.45, 7) is 4.31. The van der Waals surface area contributed by atoms with E-state index in [1.807, 2.05) is 7.05 Å². The topological polar surface area (TPSA) is 74.5 Å². The van der Waals surface area contributed by atoms with E-state index >= 15 is 4.39 Å². The van der Waals surface area contributed by atoms with Crippen LogP contribution in [0.15, 0.2) is 20.2 Å². The molecule has 1 fully saturated rings. The van der Waals surface area contributed by atoms with E-state index in [1.165, 1.54) is 4.57 Å². The third kappa shape index (κ3) is 2.27. The van der Waals surface area contributed by atoms with E-state index in [9.17, 15) is 14.0 Å². The molecule has 1 aliphatic rings. The molecule has 4 rings (SSSR count). The summed E-state index contributed by atoms with van der Waals surface area (Å²) >= 11 is 0. The van der Waals surface area contributed by atoms with Crippen LogP contribution in [-0.2, 0) is 6.54 Å². The van der Waals surface area contributed by atoms with Crippen molar-refractivity contribution in [2.45, 2.75) is 13.5 Å². The molecule has 3 aromatic rings. The molecule has 1 N–H and O–H groups in total. The lowest BCUT2D eigenvalue weighted by Gasteiger charge is -2.34. The van der Waals surface area contributed by atoms with Crippen LogP contribution in [0.25, 0.3) is 22.0 Å². The summed E-state index contributed by atoms with van der Waals surface area (Å²) in [7, 11) is 1.95. The molecule has 0 radical (unpaired) electrons. The van der Waals surface area contributed by atoms with Crippen LogP contribution >= 0.6 is 0 Å². The van der Waals surface area contributed by atoms with E-state index in [2.05, 4.69) is 10.1 Å². The number of nitrogens with zero attached hydrogens (tertiary/aromatic N) is 3. The van der Waals surface area contributed by atoms with Crippen molar-refractivity contribution in [2.24, 2.45) is 0 Å². The zero-order chi connectivity index (χ0) is 18.6. The highest BCUT2D eigenvalue weighted by molar-refractivity contribution is 5.93. The molecule has 0 atom stereocenters. The van der Waals surface area contributed by atoms with Crippen molar-refractivity contribution in [2.75, 3.05) is 38.1 Å². The number of nitrogens with one attached hydrogen (secondary N) is 1. The first-order chi connectivity index (χ1) is 12.4. The van der Waals surface area contributed by atoms with Gasteiger partial charge in [-0.2, -0.15) is 5.16 Å². The number of aromatic amines is 1. The van der Waals surface area contributed by atoms with Crippen molar-refractivity contribution in [1.29, 1.82) is 0 Å². The molecule has 1 saturated heterocycles. The van der Waals surface area contributed by atoms with Crippen LogP contribution in [0, 0.1) is 11.6 Å². The Labute approximate surface area is 146 Å². The number of likely N-dealkylation sites (N-methyl/N-ethyl adjacent to an activating group) is 1. The van der Waals surface area contributed by atoms with Gasteiger partial charge < -0.3 is 18.9 Å². The predicted molar refractivity (Wildman–Crippen MR) is 93.9 cm³/mol. The molecule has 0 unspecified atom stereocenters. The van der Waals surface area contributed by atoms with Crippen LogP contribution in [0.5, 0.6) is 0 Å². The fourth-order valence-electron chi connectivity index (χ4n) is 3.58. The Morgan fingerprint density at radius 1 is 1.19 bits per heavy atom. The third-order valence-electron chi connectivity index (χ3n) is 4.97. The number of hydrogen-bond donors (Lipinski definition) is 1. The highest BCUT2D eigenvalue weighted by Gasteiger charge is 2.27. The normalized spacial score (nSPS) is 16.1. The SMILES string of the molecule is CCn1c2o[nH]c(=O)c2c(=O)c2cc(F)c(N3CCN(C)CC3)c(F)c21. The Kier molecular flexibility index (Phi) is 3.83. The molecule has 138 valence electrons. The highest BCUT2D eigenvalue weighted by Crippen LogP contribution is 2.31. The van der Waals surface area contributed by atoms with Gasteiger partial charge in [0.05, 0.1) is 10.9 Å². The fraction of sp³-hybridized carbons (Fsp3) is 0.412. The Morgan fingerprint density at radius 2 is 1.88 bits per heavy atom. The standard InChI is InChI=1S/C17H18F2N4O3/c1-3-23-13-9(15(24)11-16(25)20-26-17(11)23)8-10(18)14(12(13)19)22-6-4-21(2)5-7-22/h8H,3-7H2,1-2H3,(H,20,25). The van der Waals surface area contributed by atoms with Gasteiger partial charge >= 0.3 is 0 Å². The number of pyridine rings is 1. The second-order valence-corrected chi connectivity index (χ2v) is 6.49. The van der Waals surface area contributed by atoms with E-state index in [0.29, 0.717) is 26.2 Å². The van der Waals surface area contributed by atoms with Crippen molar-refractivity contribution < 1.29 is 13.3 Å². The Morgan fingerprint density at radius 3 is 2.54 bits per heavy atom. The summed E-state index contributed by atoms with van der Waals surface area (Å²) in [5.41, 5.74) is -1.69. The monoisotopic (exact) mass is 364 g/mol. The van der Waals surface area contributed by atoms with Crippen LogP contribution in [0.2, 0.25) is 0 Å². The molecule has 2 aromatic heterocycles. The smallest absolute Gasteiger partial charge is 0.293 e. The number of H-pyrrole nitrogens is 1. The van der Waals surface area contributed by atoms with Gasteiger partial charge in [0.1, 0.15) is 11.5 Å². The van der Waals surface area contributed by atoms with E-state index in [1.54, 1.807) is 11.8 Å². The van der Waals surface area contributed by atoms with Gasteiger partial charge in [-0.1, -0.05) is 0 Å². The molecular formula is C17H18F2N4O3. The van der Waals surface area contributed by atoms with Crippen LogP contribution in [0.1, 0.15) is 6.92 Å². The van der Waals surface area contributed by atoms with E-state index < -0.39 is 22.6 Å². The summed E-state index contributed by atoms with van der Waals surface area (Å²) in [5, 5.41) is 1.70. The zero-order valence-corrected chi connectivity index (χ0v) is 14.4. The molecule has 0 bridgehead atoms. The first kappa shape index (κ1) is 16.8. The average Bonchev–Trinajstić information content (AvgIpc) is 3.00. The van der Waals surface area contributed by atoms with Crippen molar-refractivity contribution in [3.8, 4) is 0 Å². The minimum absolute atomic E-state index is 0.0372. The van der Waals surface area contributed by atoms with Gasteiger partial charge in [-0.3, -0.25) is 9.59 Å². The third-order valence-corrected chi connectivity index (χ3v) is 4.97. The lowest BCUT2D eigenvalue weighted by Crippen LogP contribution is -2.45. The lowest BCUT2D eigenvalue weighted by molar-refractivity contribution is 0.310. The number of fused-ring (bicyclic) bond motifs is 2. The number of benzene rings is 1. The molecule has 0 spiro atoms. The van der Waals surface area contributed by atoms with Crippen LogP contribution in [0.4, 0.5) is 14.5 Å². The molecule has 26 heavy (non-hydrogen) atoms. The molecule has 3 heterocycles. The van der Waals surface area contributed by atoms with Crippen LogP contribution in [0.3, 0.4) is 0 Å². The van der Waals surface area contributed by atoms with Crippen LogP contribution < -0.4 is 15.9 Å². The number of hydrogen-bond acceptors (Lipinski definition) is 5. The van der Waals surface area contributed by atoms with Gasteiger partial charge in [0.25, 0.3) is 5.56 Å². The molecule has 0 saturated carbocycles. The number of halogens is 2. The Bertz CT molecular complexity index is 1120. The maximum absolute atomic E-state index is 15.4. The highest BCUT2D eigenvalue weighted by atomic mass is 19.1. The molecule has 1 aromatic carbocycles. The maximum Gasteiger partial charge on any atom is 0.293 e. The molecule has 9 heteroatoms. The van der Waals surface area contributed by atoms with Crippen LogP contribution in [-0.4, -0.2) is 47.9 Å². The Hall–Kier alpha value is -2.68. The fourth-order valence-corrected chi connectivity index (χ4v) is 3.58. The van der Waals surface area contributed by atoms with Crippen molar-refractivity contribution in [3.05, 3.63) is 38.3 Å². The second-order valence-electron chi connectivity index (χ2n) is 6.49. The Balaban J connectivity index is 2.07. The zero-order valence-electron chi connectivity index (χ0n) is 14.4. The average molecular weight is 364 g/mol. The predicted octanol–water partition coefficient (Wildman–Crippen LogP) is 1.49. The summed E-state index contributed by atoms with van der Waals surface area (Å²) in [4.78, 5) is 28.2. The van der Waals surface area contributed by atoms with Crippen molar-refractivity contribution in [3.63, 3.8) is 0 Å². The largest absolute Gasteiger partial charge is 0.364 e. The summed E-state index contributed by atoms with van der Waals surface area (Å²) in [5.74, 6) is -1.62. The van der Waals surface area contributed by atoms with Gasteiger partial charge in [0.2, 0.25) is 11.1 Å². The van der Waals surface area contributed by atoms with Gasteiger partial charge in [-0.25, -0.2) is 8.78 Å². The first-order valence-corrected chi connectivity index (χ1v) is 8.43. The number of rotatable bonds is 2. The molecule has 7 nitrogen and oxygen atoms in total. The lowest BCUT2D eigenvalue weighted by atomic mass is 10.1. The van der Waals surface area contributed by atoms with Crippen molar-refractivity contribution >= 4 is 27.7 Å². The molecule has 0 amide bonds. The van der Waals surface area contributed by atoms with Gasteiger partial charge in [-0.05, 0) is 20.0 Å². The van der Waals surface area contributed by atoms with E-state index in [0.717, 1.165) is 6.07 Å². The van der Waals surface area contributed by atoms with Crippen molar-refractivity contribution in [1.82, 2.24) is 14.6 Å². The number of piperazine rings is 1.